The van der Waals surface area contributed by atoms with Gasteiger partial charge in [0.15, 0.2) is 6.10 Å². The highest BCUT2D eigenvalue weighted by Gasteiger charge is 2.22. The molecule has 7 heteroatoms. The molecule has 1 atom stereocenters. The zero-order chi connectivity index (χ0) is 15.9. The summed E-state index contributed by atoms with van der Waals surface area (Å²) in [6.07, 6.45) is 6.51. The molecular weight excluding hydrogens is 286 g/mol. The van der Waals surface area contributed by atoms with E-state index in [2.05, 4.69) is 10.3 Å². The summed E-state index contributed by atoms with van der Waals surface area (Å²) in [6.45, 7) is 2.22. The topological polar surface area (TPSA) is 94.4 Å². The Morgan fingerprint density at radius 2 is 2.23 bits per heavy atom. The molecule has 1 unspecified atom stereocenters. The lowest BCUT2D eigenvalue weighted by Gasteiger charge is -2.22. The van der Waals surface area contributed by atoms with Crippen LogP contribution in [0.3, 0.4) is 0 Å². The second-order valence-electron chi connectivity index (χ2n) is 5.59. The normalized spacial score (nSPS) is 16.8. The van der Waals surface area contributed by atoms with Crippen LogP contribution in [0.5, 0.6) is 5.75 Å². The second kappa shape index (κ2) is 7.72. The summed E-state index contributed by atoms with van der Waals surface area (Å²) in [5.74, 6) is -0.108. The first-order valence-electron chi connectivity index (χ1n) is 7.61. The number of aromatic nitrogens is 1. The summed E-state index contributed by atoms with van der Waals surface area (Å²) in [7, 11) is 0. The Bertz CT molecular complexity index is 529. The SMILES string of the molecule is CC(Oc1cccnc1[N+](=O)[O-])C(=O)NCC1CCCCC1. The van der Waals surface area contributed by atoms with Crippen LogP contribution in [-0.2, 0) is 4.79 Å². The third-order valence-electron chi connectivity index (χ3n) is 3.89. The fourth-order valence-electron chi connectivity index (χ4n) is 2.64. The van der Waals surface area contributed by atoms with E-state index in [1.807, 2.05) is 0 Å². The maximum atomic E-state index is 12.0. The molecule has 7 nitrogen and oxygen atoms in total. The Kier molecular flexibility index (Phi) is 5.68. The molecule has 1 aliphatic rings. The maximum absolute atomic E-state index is 12.0. The molecule has 1 N–H and O–H groups in total. The summed E-state index contributed by atoms with van der Waals surface area (Å²) in [5, 5.41) is 13.7. The third-order valence-corrected chi connectivity index (χ3v) is 3.89. The number of nitrogens with one attached hydrogen (secondary N) is 1. The number of nitro groups is 1. The standard InChI is InChI=1S/C15H21N3O4/c1-11(15(19)17-10-12-6-3-2-4-7-12)22-13-8-5-9-16-14(13)18(20)21/h5,8-9,11-12H,2-4,6-7,10H2,1H3,(H,17,19). The predicted octanol–water partition coefficient (Wildman–Crippen LogP) is 2.45. The highest BCUT2D eigenvalue weighted by molar-refractivity contribution is 5.80. The molecule has 1 aromatic heterocycles. The van der Waals surface area contributed by atoms with Gasteiger partial charge in [-0.2, -0.15) is 0 Å². The highest BCUT2D eigenvalue weighted by atomic mass is 16.6. The molecule has 1 aliphatic carbocycles. The van der Waals surface area contributed by atoms with Crippen molar-refractivity contribution < 1.29 is 14.5 Å². The van der Waals surface area contributed by atoms with Crippen LogP contribution in [0.1, 0.15) is 39.0 Å². The molecule has 0 spiro atoms. The van der Waals surface area contributed by atoms with Crippen molar-refractivity contribution in [1.82, 2.24) is 10.3 Å². The Morgan fingerprint density at radius 3 is 2.91 bits per heavy atom. The van der Waals surface area contributed by atoms with Crippen molar-refractivity contribution in [2.45, 2.75) is 45.1 Å². The van der Waals surface area contributed by atoms with Gasteiger partial charge in [-0.15, -0.1) is 0 Å². The van der Waals surface area contributed by atoms with Crippen LogP contribution in [0.4, 0.5) is 5.82 Å². The van der Waals surface area contributed by atoms with E-state index in [4.69, 9.17) is 4.74 Å². The summed E-state index contributed by atoms with van der Waals surface area (Å²) in [6, 6.07) is 2.98. The van der Waals surface area contributed by atoms with Crippen molar-refractivity contribution in [3.05, 3.63) is 28.4 Å². The molecule has 1 amide bonds. The first kappa shape index (κ1) is 16.2. The minimum absolute atomic E-state index is 0.00724. The minimum Gasteiger partial charge on any atom is -0.473 e. The van der Waals surface area contributed by atoms with Crippen LogP contribution >= 0.6 is 0 Å². The average molecular weight is 307 g/mol. The Labute approximate surface area is 129 Å². The Hall–Kier alpha value is -2.18. The van der Waals surface area contributed by atoms with Gasteiger partial charge < -0.3 is 20.2 Å². The van der Waals surface area contributed by atoms with Gasteiger partial charge in [-0.25, -0.2) is 0 Å². The molecule has 22 heavy (non-hydrogen) atoms. The molecule has 0 aromatic carbocycles. The van der Waals surface area contributed by atoms with E-state index < -0.39 is 11.0 Å². The summed E-state index contributed by atoms with van der Waals surface area (Å²) < 4.78 is 5.39. The van der Waals surface area contributed by atoms with E-state index >= 15 is 0 Å². The van der Waals surface area contributed by atoms with E-state index in [0.29, 0.717) is 12.5 Å². The number of rotatable bonds is 6. The van der Waals surface area contributed by atoms with Gasteiger partial charge in [0.2, 0.25) is 5.75 Å². The van der Waals surface area contributed by atoms with Gasteiger partial charge in [0.25, 0.3) is 5.91 Å². The largest absolute Gasteiger partial charge is 0.473 e. The van der Waals surface area contributed by atoms with Gasteiger partial charge in [-0.1, -0.05) is 19.3 Å². The molecule has 0 bridgehead atoms. The van der Waals surface area contributed by atoms with Crippen molar-refractivity contribution in [3.8, 4) is 5.75 Å². The molecule has 1 saturated carbocycles. The lowest BCUT2D eigenvalue weighted by atomic mass is 9.89. The predicted molar refractivity (Wildman–Crippen MR) is 80.6 cm³/mol. The third kappa shape index (κ3) is 4.41. The number of hydrogen-bond acceptors (Lipinski definition) is 5. The first-order valence-corrected chi connectivity index (χ1v) is 7.61. The van der Waals surface area contributed by atoms with Crippen molar-refractivity contribution in [2.75, 3.05) is 6.54 Å². The van der Waals surface area contributed by atoms with Crippen LogP contribution in [0.15, 0.2) is 18.3 Å². The minimum atomic E-state index is -0.800. The molecule has 0 saturated heterocycles. The highest BCUT2D eigenvalue weighted by Crippen LogP contribution is 2.24. The van der Waals surface area contributed by atoms with E-state index in [9.17, 15) is 14.9 Å². The fraction of sp³-hybridized carbons (Fsp3) is 0.600. The Balaban J connectivity index is 1.87. The molecule has 2 rings (SSSR count). The quantitative estimate of drug-likeness (QED) is 0.643. The number of carbonyl (C=O) groups excluding carboxylic acids is 1. The Morgan fingerprint density at radius 1 is 1.50 bits per heavy atom. The molecule has 0 radical (unpaired) electrons. The van der Waals surface area contributed by atoms with Crippen LogP contribution in [-0.4, -0.2) is 28.5 Å². The van der Waals surface area contributed by atoms with Gasteiger partial charge in [-0.05, 0) is 47.7 Å². The van der Waals surface area contributed by atoms with E-state index in [1.165, 1.54) is 37.6 Å². The lowest BCUT2D eigenvalue weighted by Crippen LogP contribution is -2.39. The number of carbonyl (C=O) groups is 1. The number of amides is 1. The summed E-state index contributed by atoms with van der Waals surface area (Å²) in [4.78, 5) is 25.9. The van der Waals surface area contributed by atoms with Crippen LogP contribution in [0.2, 0.25) is 0 Å². The number of pyridine rings is 1. The first-order chi connectivity index (χ1) is 10.6. The van der Waals surface area contributed by atoms with Crippen LogP contribution < -0.4 is 10.1 Å². The fourth-order valence-corrected chi connectivity index (χ4v) is 2.64. The maximum Gasteiger partial charge on any atom is 0.406 e. The van der Waals surface area contributed by atoms with Gasteiger partial charge >= 0.3 is 5.82 Å². The van der Waals surface area contributed by atoms with Crippen molar-refractivity contribution in [1.29, 1.82) is 0 Å². The molecule has 1 aromatic rings. The zero-order valence-electron chi connectivity index (χ0n) is 12.7. The molecule has 0 aliphatic heterocycles. The van der Waals surface area contributed by atoms with Crippen molar-refractivity contribution in [3.63, 3.8) is 0 Å². The van der Waals surface area contributed by atoms with E-state index in [0.717, 1.165) is 12.8 Å². The monoisotopic (exact) mass is 307 g/mol. The molecule has 1 fully saturated rings. The van der Waals surface area contributed by atoms with Crippen molar-refractivity contribution >= 4 is 11.7 Å². The molecule has 120 valence electrons. The van der Waals surface area contributed by atoms with E-state index in [-0.39, 0.29) is 17.5 Å². The molecule has 1 heterocycles. The number of nitrogens with zero attached hydrogens (tertiary/aromatic N) is 2. The second-order valence-corrected chi connectivity index (χ2v) is 5.59. The van der Waals surface area contributed by atoms with Crippen LogP contribution in [0.25, 0.3) is 0 Å². The van der Waals surface area contributed by atoms with Crippen molar-refractivity contribution in [2.24, 2.45) is 5.92 Å². The van der Waals surface area contributed by atoms with Crippen LogP contribution in [0, 0.1) is 16.0 Å². The van der Waals surface area contributed by atoms with Gasteiger partial charge in [0, 0.05) is 6.54 Å². The van der Waals surface area contributed by atoms with Gasteiger partial charge in [-0.3, -0.25) is 4.79 Å². The zero-order valence-corrected chi connectivity index (χ0v) is 12.7. The number of ether oxygens (including phenoxy) is 1. The average Bonchev–Trinajstić information content (AvgIpc) is 2.53. The lowest BCUT2D eigenvalue weighted by molar-refractivity contribution is -0.390. The van der Waals surface area contributed by atoms with Gasteiger partial charge in [0.05, 0.1) is 0 Å². The van der Waals surface area contributed by atoms with E-state index in [1.54, 1.807) is 6.92 Å². The number of hydrogen-bond donors (Lipinski definition) is 1. The van der Waals surface area contributed by atoms with Gasteiger partial charge in [0.1, 0.15) is 6.20 Å². The smallest absolute Gasteiger partial charge is 0.406 e. The molecular formula is C15H21N3O4. The summed E-state index contributed by atoms with van der Waals surface area (Å²) >= 11 is 0. The summed E-state index contributed by atoms with van der Waals surface area (Å²) in [5.41, 5.74) is 0.